The molecule has 2 heterocycles. The topological polar surface area (TPSA) is 106 Å². The number of nitrogens with one attached hydrogen (secondary N) is 1. The van der Waals surface area contributed by atoms with Crippen LogP contribution in [0.1, 0.15) is 6.42 Å². The molecule has 1 saturated heterocycles. The number of primary amides is 1. The molecule has 0 aromatic heterocycles. The quantitative estimate of drug-likeness (QED) is 0.766. The predicted molar refractivity (Wildman–Crippen MR) is 87.5 cm³/mol. The Morgan fingerprint density at radius 3 is 2.75 bits per heavy atom. The molecule has 2 aliphatic rings. The van der Waals surface area contributed by atoms with Gasteiger partial charge in [-0.3, -0.25) is 14.6 Å². The minimum absolute atomic E-state index is 0.165. The van der Waals surface area contributed by atoms with Crippen LogP contribution in [0.15, 0.2) is 35.4 Å². The lowest BCUT2D eigenvalue weighted by molar-refractivity contribution is -0.119. The fourth-order valence-corrected chi connectivity index (χ4v) is 2.65. The second-order valence-corrected chi connectivity index (χ2v) is 5.63. The van der Waals surface area contributed by atoms with Crippen LogP contribution in [0, 0.1) is 0 Å². The van der Waals surface area contributed by atoms with Gasteiger partial charge in [0, 0.05) is 13.0 Å². The summed E-state index contributed by atoms with van der Waals surface area (Å²) in [6, 6.07) is 8.49. The van der Waals surface area contributed by atoms with Crippen molar-refractivity contribution in [3.05, 3.63) is 30.3 Å². The number of hydrogen-bond donors (Lipinski definition) is 2. The molecule has 0 radical (unpaired) electrons. The number of rotatable bonds is 5. The van der Waals surface area contributed by atoms with E-state index in [-0.39, 0.29) is 24.1 Å². The van der Waals surface area contributed by atoms with E-state index in [0.29, 0.717) is 32.1 Å². The molecule has 0 bridgehead atoms. The highest BCUT2D eigenvalue weighted by atomic mass is 16.6. The van der Waals surface area contributed by atoms with Gasteiger partial charge in [-0.25, -0.2) is 0 Å². The Balaban J connectivity index is 1.66. The normalized spacial score (nSPS) is 23.7. The van der Waals surface area contributed by atoms with Crippen molar-refractivity contribution in [3.63, 3.8) is 0 Å². The van der Waals surface area contributed by atoms with Gasteiger partial charge in [0.1, 0.15) is 11.8 Å². The van der Waals surface area contributed by atoms with Crippen LogP contribution in [0.3, 0.4) is 0 Å². The Hall–Kier alpha value is -2.45. The molecule has 128 valence electrons. The number of nitrogens with zero attached hydrogens (tertiary/aromatic N) is 2. The summed E-state index contributed by atoms with van der Waals surface area (Å²) in [7, 11) is 0. The standard InChI is InChI=1S/C16H20N4O4/c17-15(21)14-8-13(19-20(14)11-4-2-1-3-5-11)16(22)18-9-12-10-23-6-7-24-12/h1-5,12,14H,6-10H2,(H2,17,21)(H,18,22)/t12-,14+/m1/s1. The van der Waals surface area contributed by atoms with E-state index in [2.05, 4.69) is 10.4 Å². The van der Waals surface area contributed by atoms with Crippen LogP contribution >= 0.6 is 0 Å². The summed E-state index contributed by atoms with van der Waals surface area (Å²) in [5.74, 6) is -0.844. The molecular formula is C16H20N4O4. The second kappa shape index (κ2) is 7.41. The second-order valence-electron chi connectivity index (χ2n) is 5.63. The van der Waals surface area contributed by atoms with Gasteiger partial charge in [-0.1, -0.05) is 18.2 Å². The molecule has 0 unspecified atom stereocenters. The van der Waals surface area contributed by atoms with Gasteiger partial charge in [0.05, 0.1) is 31.6 Å². The molecule has 0 spiro atoms. The van der Waals surface area contributed by atoms with E-state index in [1.54, 1.807) is 0 Å². The number of benzene rings is 1. The minimum atomic E-state index is -0.664. The van der Waals surface area contributed by atoms with Gasteiger partial charge < -0.3 is 20.5 Å². The highest BCUT2D eigenvalue weighted by Gasteiger charge is 2.35. The van der Waals surface area contributed by atoms with E-state index < -0.39 is 11.9 Å². The van der Waals surface area contributed by atoms with E-state index in [1.165, 1.54) is 5.01 Å². The number of ether oxygens (including phenoxy) is 2. The minimum Gasteiger partial charge on any atom is -0.376 e. The number of carbonyl (C=O) groups excluding carboxylic acids is 2. The average Bonchev–Trinajstić information content (AvgIpc) is 3.07. The number of nitrogens with two attached hydrogens (primary N) is 1. The number of anilines is 1. The Morgan fingerprint density at radius 2 is 2.08 bits per heavy atom. The van der Waals surface area contributed by atoms with E-state index in [4.69, 9.17) is 15.2 Å². The van der Waals surface area contributed by atoms with Crippen molar-refractivity contribution in [1.29, 1.82) is 0 Å². The van der Waals surface area contributed by atoms with Crippen molar-refractivity contribution in [2.45, 2.75) is 18.6 Å². The van der Waals surface area contributed by atoms with Crippen molar-refractivity contribution < 1.29 is 19.1 Å². The van der Waals surface area contributed by atoms with Gasteiger partial charge in [0.2, 0.25) is 5.91 Å². The third-order valence-corrected chi connectivity index (χ3v) is 3.90. The number of hydrogen-bond acceptors (Lipinski definition) is 6. The first-order valence-corrected chi connectivity index (χ1v) is 7.84. The molecule has 2 amide bonds. The van der Waals surface area contributed by atoms with Crippen molar-refractivity contribution in [1.82, 2.24) is 5.32 Å². The summed E-state index contributed by atoms with van der Waals surface area (Å²) in [6.45, 7) is 1.88. The maximum atomic E-state index is 12.3. The first-order valence-electron chi connectivity index (χ1n) is 7.84. The average molecular weight is 332 g/mol. The van der Waals surface area contributed by atoms with Gasteiger partial charge in [-0.15, -0.1) is 0 Å². The number of hydrazone groups is 1. The third kappa shape index (κ3) is 3.72. The molecule has 2 aliphatic heterocycles. The summed E-state index contributed by atoms with van der Waals surface area (Å²) < 4.78 is 10.8. The maximum Gasteiger partial charge on any atom is 0.267 e. The molecule has 1 aromatic rings. The van der Waals surface area contributed by atoms with E-state index in [1.807, 2.05) is 30.3 Å². The van der Waals surface area contributed by atoms with Crippen LogP contribution in [0.5, 0.6) is 0 Å². The zero-order chi connectivity index (χ0) is 16.9. The highest BCUT2D eigenvalue weighted by molar-refractivity contribution is 6.40. The monoisotopic (exact) mass is 332 g/mol. The molecule has 3 N–H and O–H groups in total. The summed E-state index contributed by atoms with van der Waals surface area (Å²) >= 11 is 0. The summed E-state index contributed by atoms with van der Waals surface area (Å²) in [4.78, 5) is 24.0. The van der Waals surface area contributed by atoms with Gasteiger partial charge in [0.15, 0.2) is 0 Å². The number of para-hydroxylation sites is 1. The van der Waals surface area contributed by atoms with Crippen molar-refractivity contribution in [2.75, 3.05) is 31.4 Å². The van der Waals surface area contributed by atoms with Gasteiger partial charge in [-0.05, 0) is 12.1 Å². The van der Waals surface area contributed by atoms with Crippen LogP contribution in [0.4, 0.5) is 5.69 Å². The van der Waals surface area contributed by atoms with Crippen LogP contribution in [-0.4, -0.2) is 56.0 Å². The Kier molecular flexibility index (Phi) is 5.07. The lowest BCUT2D eigenvalue weighted by Gasteiger charge is -2.22. The Bertz CT molecular complexity index is 628. The molecule has 0 aliphatic carbocycles. The molecule has 1 aromatic carbocycles. The number of carbonyl (C=O) groups is 2. The van der Waals surface area contributed by atoms with Crippen LogP contribution < -0.4 is 16.1 Å². The molecule has 1 fully saturated rings. The van der Waals surface area contributed by atoms with Crippen LogP contribution in [0.25, 0.3) is 0 Å². The van der Waals surface area contributed by atoms with Gasteiger partial charge in [-0.2, -0.15) is 5.10 Å². The fourth-order valence-electron chi connectivity index (χ4n) is 2.65. The first kappa shape index (κ1) is 16.4. The third-order valence-electron chi connectivity index (χ3n) is 3.90. The molecule has 0 saturated carbocycles. The summed E-state index contributed by atoms with van der Waals surface area (Å²) in [5.41, 5.74) is 6.45. The largest absolute Gasteiger partial charge is 0.376 e. The molecule has 24 heavy (non-hydrogen) atoms. The smallest absolute Gasteiger partial charge is 0.267 e. The summed E-state index contributed by atoms with van der Waals surface area (Å²) in [5, 5.41) is 8.56. The van der Waals surface area contributed by atoms with E-state index in [0.717, 1.165) is 0 Å². The maximum absolute atomic E-state index is 12.3. The molecule has 2 atom stereocenters. The first-order chi connectivity index (χ1) is 11.6. The van der Waals surface area contributed by atoms with Gasteiger partial charge >= 0.3 is 0 Å². The SMILES string of the molecule is NC(=O)[C@@H]1CC(C(=O)NC[C@@H]2COCCO2)=NN1c1ccccc1. The van der Waals surface area contributed by atoms with Crippen molar-refractivity contribution in [2.24, 2.45) is 10.8 Å². The zero-order valence-corrected chi connectivity index (χ0v) is 13.2. The van der Waals surface area contributed by atoms with E-state index >= 15 is 0 Å². The molecule has 3 rings (SSSR count). The lowest BCUT2D eigenvalue weighted by atomic mass is 10.1. The number of amides is 2. The molecular weight excluding hydrogens is 312 g/mol. The predicted octanol–water partition coefficient (Wildman–Crippen LogP) is -0.362. The molecule has 8 heteroatoms. The summed E-state index contributed by atoms with van der Waals surface area (Å²) in [6.07, 6.45) is 0.0137. The van der Waals surface area contributed by atoms with Crippen LogP contribution in [0.2, 0.25) is 0 Å². The highest BCUT2D eigenvalue weighted by Crippen LogP contribution is 2.24. The van der Waals surface area contributed by atoms with Crippen molar-refractivity contribution in [3.8, 4) is 0 Å². The fraction of sp³-hybridized carbons (Fsp3) is 0.438. The lowest BCUT2D eigenvalue weighted by Crippen LogP contribution is -2.42. The van der Waals surface area contributed by atoms with E-state index in [9.17, 15) is 9.59 Å². The van der Waals surface area contributed by atoms with Crippen LogP contribution in [-0.2, 0) is 19.1 Å². The molecule has 8 nitrogen and oxygen atoms in total. The zero-order valence-electron chi connectivity index (χ0n) is 13.2. The van der Waals surface area contributed by atoms with Crippen molar-refractivity contribution >= 4 is 23.2 Å². The Labute approximate surface area is 139 Å². The van der Waals surface area contributed by atoms with Gasteiger partial charge in [0.25, 0.3) is 5.91 Å². The Morgan fingerprint density at radius 1 is 1.29 bits per heavy atom.